The van der Waals surface area contributed by atoms with Crippen molar-refractivity contribution in [3.8, 4) is 0 Å². The molecular formula is C33H44N4. The van der Waals surface area contributed by atoms with Gasteiger partial charge in [-0.3, -0.25) is 9.98 Å². The van der Waals surface area contributed by atoms with Crippen molar-refractivity contribution >= 4 is 24.6 Å². The van der Waals surface area contributed by atoms with Gasteiger partial charge in [0.2, 0.25) is 0 Å². The molecule has 0 atom stereocenters. The number of unbranched alkanes of at least 4 members (excludes halogenated alkanes) is 2. The number of nitrogens with one attached hydrogen (secondary N) is 2. The van der Waals surface area contributed by atoms with Gasteiger partial charge in [-0.1, -0.05) is 20.3 Å². The van der Waals surface area contributed by atoms with E-state index in [2.05, 4.69) is 87.5 Å². The molecule has 4 nitrogen and oxygen atoms in total. The zero-order valence-electron chi connectivity index (χ0n) is 24.2. The average molecular weight is 497 g/mol. The topological polar surface area (TPSA) is 56.3 Å². The molecule has 37 heavy (non-hydrogen) atoms. The Kier molecular flexibility index (Phi) is 8.36. The van der Waals surface area contributed by atoms with E-state index in [1.165, 1.54) is 86.6 Å². The zero-order chi connectivity index (χ0) is 26.7. The molecule has 196 valence electrons. The van der Waals surface area contributed by atoms with E-state index in [1.54, 1.807) is 0 Å². The van der Waals surface area contributed by atoms with E-state index in [-0.39, 0.29) is 0 Å². The number of H-pyrrole nitrogens is 2. The van der Waals surface area contributed by atoms with Crippen LogP contribution in [0.4, 0.5) is 0 Å². The smallest absolute Gasteiger partial charge is 0.0685 e. The molecule has 0 aromatic carbocycles. The molecule has 2 N–H and O–H groups in total. The van der Waals surface area contributed by atoms with Crippen LogP contribution in [-0.4, -0.2) is 22.4 Å². The normalized spacial score (nSPS) is 17.6. The summed E-state index contributed by atoms with van der Waals surface area (Å²) in [5.74, 6) is 0. The van der Waals surface area contributed by atoms with E-state index in [9.17, 15) is 0 Å². The van der Waals surface area contributed by atoms with Crippen LogP contribution in [0.15, 0.2) is 43.7 Å². The lowest BCUT2D eigenvalue weighted by atomic mass is 9.99. The highest BCUT2D eigenvalue weighted by Crippen LogP contribution is 2.31. The maximum absolute atomic E-state index is 4.64. The van der Waals surface area contributed by atoms with Crippen LogP contribution in [0.5, 0.6) is 0 Å². The molecule has 0 fully saturated rings. The SMILES string of the molecule is CCC1=C(C)C=NC1=Cc1[nH]c(C)c(CCCCCc2c(C)[nH]c(C=C3N=CC(C)=C3CC)c2C)c1C. The molecule has 0 amide bonds. The lowest BCUT2D eigenvalue weighted by Crippen LogP contribution is -1.93. The van der Waals surface area contributed by atoms with Gasteiger partial charge in [-0.15, -0.1) is 0 Å². The summed E-state index contributed by atoms with van der Waals surface area (Å²) in [6, 6.07) is 0. The summed E-state index contributed by atoms with van der Waals surface area (Å²) in [5.41, 5.74) is 18.2. The minimum atomic E-state index is 1.02. The summed E-state index contributed by atoms with van der Waals surface area (Å²) in [6.45, 7) is 17.6. The summed E-state index contributed by atoms with van der Waals surface area (Å²) in [5, 5.41) is 0. The molecule has 0 aliphatic carbocycles. The fourth-order valence-corrected chi connectivity index (χ4v) is 5.94. The quantitative estimate of drug-likeness (QED) is 0.309. The predicted octanol–water partition coefficient (Wildman–Crippen LogP) is 8.84. The fourth-order valence-electron chi connectivity index (χ4n) is 5.94. The first-order valence-electron chi connectivity index (χ1n) is 14.0. The fraction of sp³-hybridized carbons (Fsp3) is 0.455. The van der Waals surface area contributed by atoms with E-state index in [4.69, 9.17) is 0 Å². The highest BCUT2D eigenvalue weighted by atomic mass is 14.8. The Hall–Kier alpha value is -3.14. The van der Waals surface area contributed by atoms with Crippen LogP contribution in [0.25, 0.3) is 12.2 Å². The highest BCUT2D eigenvalue weighted by molar-refractivity contribution is 5.88. The molecule has 0 bridgehead atoms. The summed E-state index contributed by atoms with van der Waals surface area (Å²) >= 11 is 0. The molecule has 4 heteroatoms. The van der Waals surface area contributed by atoms with Crippen molar-refractivity contribution < 1.29 is 0 Å². The first-order chi connectivity index (χ1) is 17.7. The second kappa shape index (κ2) is 11.5. The first kappa shape index (κ1) is 26.9. The highest BCUT2D eigenvalue weighted by Gasteiger charge is 2.16. The third kappa shape index (κ3) is 5.58. The molecule has 2 aliphatic heterocycles. The molecule has 0 radical (unpaired) electrons. The molecule has 0 saturated carbocycles. The van der Waals surface area contributed by atoms with E-state index in [0.29, 0.717) is 0 Å². The van der Waals surface area contributed by atoms with Crippen LogP contribution in [0.2, 0.25) is 0 Å². The van der Waals surface area contributed by atoms with E-state index >= 15 is 0 Å². The van der Waals surface area contributed by atoms with Crippen LogP contribution >= 0.6 is 0 Å². The van der Waals surface area contributed by atoms with Crippen molar-refractivity contribution in [2.75, 3.05) is 0 Å². The van der Waals surface area contributed by atoms with E-state index in [1.807, 2.05) is 12.4 Å². The summed E-state index contributed by atoms with van der Waals surface area (Å²) in [4.78, 5) is 16.5. The van der Waals surface area contributed by atoms with Gasteiger partial charge in [0, 0.05) is 35.2 Å². The van der Waals surface area contributed by atoms with Crippen molar-refractivity contribution in [1.29, 1.82) is 0 Å². The van der Waals surface area contributed by atoms with Gasteiger partial charge in [0.25, 0.3) is 0 Å². The maximum atomic E-state index is 4.64. The third-order valence-electron chi connectivity index (χ3n) is 8.25. The maximum Gasteiger partial charge on any atom is 0.0685 e. The Bertz CT molecular complexity index is 1260. The number of aryl methyl sites for hydroxylation is 2. The number of nitrogens with zero attached hydrogens (tertiary/aromatic N) is 2. The number of hydrogen-bond donors (Lipinski definition) is 2. The number of allylic oxidation sites excluding steroid dienone is 4. The van der Waals surface area contributed by atoms with Crippen molar-refractivity contribution in [2.24, 2.45) is 9.98 Å². The number of hydrogen-bond acceptors (Lipinski definition) is 2. The Morgan fingerprint density at radius 3 is 1.41 bits per heavy atom. The Labute approximate surface area is 223 Å². The Morgan fingerprint density at radius 1 is 0.622 bits per heavy atom. The van der Waals surface area contributed by atoms with Gasteiger partial charge in [0.1, 0.15) is 0 Å². The summed E-state index contributed by atoms with van der Waals surface area (Å²) in [7, 11) is 0. The van der Waals surface area contributed by atoms with E-state index < -0.39 is 0 Å². The number of aliphatic imine (C=N–C) groups is 2. The van der Waals surface area contributed by atoms with Crippen molar-refractivity contribution in [3.63, 3.8) is 0 Å². The Balaban J connectivity index is 1.35. The predicted molar refractivity (Wildman–Crippen MR) is 161 cm³/mol. The lowest BCUT2D eigenvalue weighted by Gasteiger charge is -2.06. The van der Waals surface area contributed by atoms with Crippen LogP contribution in [0, 0.1) is 27.7 Å². The van der Waals surface area contributed by atoms with Crippen LogP contribution < -0.4 is 0 Å². The number of aromatic amines is 2. The number of aromatic nitrogens is 2. The molecule has 4 rings (SSSR count). The average Bonchev–Trinajstić information content (AvgIpc) is 3.56. The van der Waals surface area contributed by atoms with Gasteiger partial charge >= 0.3 is 0 Å². The van der Waals surface area contributed by atoms with Gasteiger partial charge in [-0.25, -0.2) is 0 Å². The second-order valence-electron chi connectivity index (χ2n) is 10.7. The molecule has 2 aromatic rings. The molecule has 0 saturated heterocycles. The molecule has 2 aliphatic rings. The molecular weight excluding hydrogens is 452 g/mol. The standard InChI is InChI=1S/C33H44N4/c1-9-26-20(3)18-34-32(26)16-30-22(5)28(24(7)36-30)14-12-11-13-15-29-23(6)31(37-25(29)8)17-33-27(10-2)21(4)19-35-33/h16-19,36-37H,9-15H2,1-8H3. The summed E-state index contributed by atoms with van der Waals surface area (Å²) in [6.07, 6.45) is 16.4. The minimum absolute atomic E-state index is 1.02. The van der Waals surface area contributed by atoms with Crippen molar-refractivity contribution in [2.45, 2.75) is 100 Å². The van der Waals surface area contributed by atoms with Crippen molar-refractivity contribution in [3.05, 3.63) is 78.7 Å². The lowest BCUT2D eigenvalue weighted by molar-refractivity contribution is 0.674. The van der Waals surface area contributed by atoms with Crippen LogP contribution in [-0.2, 0) is 12.8 Å². The monoisotopic (exact) mass is 496 g/mol. The van der Waals surface area contributed by atoms with Gasteiger partial charge in [-0.2, -0.15) is 0 Å². The Morgan fingerprint density at radius 2 is 1.03 bits per heavy atom. The molecule has 2 aromatic heterocycles. The molecule has 0 spiro atoms. The van der Waals surface area contributed by atoms with Gasteiger partial charge in [0.05, 0.1) is 11.4 Å². The largest absolute Gasteiger partial charge is 0.359 e. The second-order valence-corrected chi connectivity index (χ2v) is 10.7. The van der Waals surface area contributed by atoms with Crippen LogP contribution in [0.1, 0.15) is 105 Å². The van der Waals surface area contributed by atoms with Gasteiger partial charge < -0.3 is 9.97 Å². The van der Waals surface area contributed by atoms with E-state index in [0.717, 1.165) is 37.1 Å². The van der Waals surface area contributed by atoms with Gasteiger partial charge in [0.15, 0.2) is 0 Å². The van der Waals surface area contributed by atoms with Crippen molar-refractivity contribution in [1.82, 2.24) is 9.97 Å². The number of rotatable bonds is 10. The third-order valence-corrected chi connectivity index (χ3v) is 8.25. The summed E-state index contributed by atoms with van der Waals surface area (Å²) < 4.78 is 0. The molecule has 0 unspecified atom stereocenters. The molecule has 4 heterocycles. The minimum Gasteiger partial charge on any atom is -0.359 e. The zero-order valence-corrected chi connectivity index (χ0v) is 24.2. The van der Waals surface area contributed by atoms with Crippen LogP contribution in [0.3, 0.4) is 0 Å². The van der Waals surface area contributed by atoms with Gasteiger partial charge in [-0.05, 0) is 137 Å². The first-order valence-corrected chi connectivity index (χ1v) is 14.0.